The Balaban J connectivity index is 1.38. The van der Waals surface area contributed by atoms with E-state index < -0.39 is 10.0 Å². The number of benzene rings is 2. The van der Waals surface area contributed by atoms with Crippen molar-refractivity contribution in [2.45, 2.75) is 31.6 Å². The van der Waals surface area contributed by atoms with Gasteiger partial charge in [-0.25, -0.2) is 8.42 Å². The molecule has 1 fully saturated rings. The zero-order valence-corrected chi connectivity index (χ0v) is 18.5. The average molecular weight is 428 g/mol. The summed E-state index contributed by atoms with van der Waals surface area (Å²) in [4.78, 5) is 17.2. The molecule has 0 aromatic heterocycles. The van der Waals surface area contributed by atoms with Crippen LogP contribution < -0.4 is 4.90 Å². The first-order valence-corrected chi connectivity index (χ1v) is 12.0. The van der Waals surface area contributed by atoms with E-state index in [4.69, 9.17) is 0 Å². The van der Waals surface area contributed by atoms with Crippen molar-refractivity contribution < 1.29 is 13.2 Å². The van der Waals surface area contributed by atoms with Gasteiger partial charge in [0.15, 0.2) is 0 Å². The highest BCUT2D eigenvalue weighted by Crippen LogP contribution is 2.27. The third-order valence-electron chi connectivity index (χ3n) is 6.22. The van der Waals surface area contributed by atoms with E-state index in [2.05, 4.69) is 11.0 Å². The summed E-state index contributed by atoms with van der Waals surface area (Å²) in [6.07, 6.45) is 1.99. The zero-order chi connectivity index (χ0) is 21.3. The third kappa shape index (κ3) is 4.15. The topological polar surface area (TPSA) is 60.9 Å². The largest absolute Gasteiger partial charge is 0.311 e. The Morgan fingerprint density at radius 3 is 2.40 bits per heavy atom. The first-order chi connectivity index (χ1) is 14.4. The summed E-state index contributed by atoms with van der Waals surface area (Å²) < 4.78 is 27.5. The molecule has 4 rings (SSSR count). The number of anilines is 1. The molecule has 6 nitrogen and oxygen atoms in total. The van der Waals surface area contributed by atoms with Crippen LogP contribution in [0.3, 0.4) is 0 Å². The summed E-state index contributed by atoms with van der Waals surface area (Å²) in [7, 11) is -3.50. The van der Waals surface area contributed by atoms with E-state index in [1.807, 2.05) is 43.0 Å². The highest BCUT2D eigenvalue weighted by Gasteiger charge is 2.30. The summed E-state index contributed by atoms with van der Waals surface area (Å²) in [5, 5.41) is 0. The molecule has 1 saturated heterocycles. The van der Waals surface area contributed by atoms with Gasteiger partial charge in [-0.15, -0.1) is 0 Å². The van der Waals surface area contributed by atoms with Crippen LogP contribution in [-0.4, -0.2) is 62.8 Å². The van der Waals surface area contributed by atoms with Gasteiger partial charge >= 0.3 is 0 Å². The Bertz CT molecular complexity index is 1040. The van der Waals surface area contributed by atoms with Crippen LogP contribution in [0.25, 0.3) is 0 Å². The first-order valence-electron chi connectivity index (χ1n) is 10.5. The Labute approximate surface area is 179 Å². The van der Waals surface area contributed by atoms with E-state index in [0.29, 0.717) is 37.6 Å². The SMILES string of the molecule is Cc1ccc(S(=O)(=O)N2CCN(CC(=O)N3CCCc4ccccc43)CC2)cc1C. The van der Waals surface area contributed by atoms with E-state index in [1.165, 1.54) is 9.87 Å². The average Bonchev–Trinajstić information content (AvgIpc) is 2.75. The number of rotatable bonds is 4. The van der Waals surface area contributed by atoms with Crippen LogP contribution in [0.15, 0.2) is 47.4 Å². The lowest BCUT2D eigenvalue weighted by atomic mass is 10.0. The molecule has 1 amide bonds. The Morgan fingerprint density at radius 1 is 0.933 bits per heavy atom. The van der Waals surface area contributed by atoms with Gasteiger partial charge in [0.05, 0.1) is 11.4 Å². The molecule has 2 aromatic carbocycles. The van der Waals surface area contributed by atoms with Crippen molar-refractivity contribution in [2.75, 3.05) is 44.2 Å². The molecule has 0 aliphatic carbocycles. The van der Waals surface area contributed by atoms with Gasteiger partial charge in [-0.05, 0) is 61.6 Å². The number of aryl methyl sites for hydroxylation is 3. The fourth-order valence-corrected chi connectivity index (χ4v) is 5.73. The lowest BCUT2D eigenvalue weighted by Gasteiger charge is -2.36. The number of para-hydroxylation sites is 1. The van der Waals surface area contributed by atoms with E-state index in [9.17, 15) is 13.2 Å². The molecule has 0 spiro atoms. The smallest absolute Gasteiger partial charge is 0.243 e. The summed E-state index contributed by atoms with van der Waals surface area (Å²) in [5.74, 6) is 0.0904. The number of hydrogen-bond donors (Lipinski definition) is 0. The van der Waals surface area contributed by atoms with Crippen LogP contribution in [-0.2, 0) is 21.2 Å². The predicted molar refractivity (Wildman–Crippen MR) is 118 cm³/mol. The Kier molecular flexibility index (Phi) is 5.95. The monoisotopic (exact) mass is 427 g/mol. The number of carbonyl (C=O) groups excluding carboxylic acids is 1. The van der Waals surface area contributed by atoms with Crippen LogP contribution >= 0.6 is 0 Å². The summed E-state index contributed by atoms with van der Waals surface area (Å²) in [6.45, 7) is 6.90. The second-order valence-corrected chi connectivity index (χ2v) is 10.1. The summed E-state index contributed by atoms with van der Waals surface area (Å²) in [5.41, 5.74) is 4.30. The van der Waals surface area contributed by atoms with Gasteiger partial charge in [-0.2, -0.15) is 4.31 Å². The van der Waals surface area contributed by atoms with Crippen LogP contribution in [0.5, 0.6) is 0 Å². The molecular weight excluding hydrogens is 398 g/mol. The molecule has 2 heterocycles. The van der Waals surface area contributed by atoms with E-state index in [-0.39, 0.29) is 5.91 Å². The van der Waals surface area contributed by atoms with Crippen molar-refractivity contribution in [2.24, 2.45) is 0 Å². The van der Waals surface area contributed by atoms with E-state index in [0.717, 1.165) is 36.2 Å². The minimum atomic E-state index is -3.50. The van der Waals surface area contributed by atoms with Gasteiger partial charge in [0.1, 0.15) is 0 Å². The molecule has 2 aliphatic heterocycles. The van der Waals surface area contributed by atoms with Gasteiger partial charge in [0, 0.05) is 38.4 Å². The number of piperazine rings is 1. The molecule has 0 unspecified atom stereocenters. The molecule has 2 aliphatic rings. The quantitative estimate of drug-likeness (QED) is 0.753. The third-order valence-corrected chi connectivity index (χ3v) is 8.11. The molecular formula is C23H29N3O3S. The molecule has 7 heteroatoms. The second kappa shape index (κ2) is 8.49. The van der Waals surface area contributed by atoms with Crippen molar-refractivity contribution in [1.29, 1.82) is 0 Å². The van der Waals surface area contributed by atoms with Crippen LogP contribution in [0, 0.1) is 13.8 Å². The minimum Gasteiger partial charge on any atom is -0.311 e. The normalized spacial score (nSPS) is 18.3. The number of fused-ring (bicyclic) bond motifs is 1. The van der Waals surface area contributed by atoms with Crippen LogP contribution in [0.4, 0.5) is 5.69 Å². The van der Waals surface area contributed by atoms with Gasteiger partial charge in [-0.3, -0.25) is 9.69 Å². The molecule has 0 N–H and O–H groups in total. The van der Waals surface area contributed by atoms with Crippen LogP contribution in [0.2, 0.25) is 0 Å². The number of sulfonamides is 1. The number of nitrogens with zero attached hydrogens (tertiary/aromatic N) is 3. The Morgan fingerprint density at radius 2 is 1.67 bits per heavy atom. The lowest BCUT2D eigenvalue weighted by Crippen LogP contribution is -2.52. The fourth-order valence-electron chi connectivity index (χ4n) is 4.22. The van der Waals surface area contributed by atoms with Crippen LogP contribution in [0.1, 0.15) is 23.1 Å². The van der Waals surface area contributed by atoms with Crippen molar-refractivity contribution in [3.05, 3.63) is 59.2 Å². The highest BCUT2D eigenvalue weighted by atomic mass is 32.2. The molecule has 160 valence electrons. The lowest BCUT2D eigenvalue weighted by molar-refractivity contribution is -0.120. The minimum absolute atomic E-state index is 0.0904. The summed E-state index contributed by atoms with van der Waals surface area (Å²) in [6, 6.07) is 13.4. The van der Waals surface area contributed by atoms with Gasteiger partial charge in [0.25, 0.3) is 0 Å². The molecule has 0 bridgehead atoms. The maximum absolute atomic E-state index is 13.0. The molecule has 2 aromatic rings. The molecule has 0 radical (unpaired) electrons. The molecule has 30 heavy (non-hydrogen) atoms. The van der Waals surface area contributed by atoms with E-state index in [1.54, 1.807) is 12.1 Å². The highest BCUT2D eigenvalue weighted by molar-refractivity contribution is 7.89. The van der Waals surface area contributed by atoms with Crippen molar-refractivity contribution in [1.82, 2.24) is 9.21 Å². The number of amides is 1. The number of hydrogen-bond acceptors (Lipinski definition) is 4. The molecule has 0 saturated carbocycles. The predicted octanol–water partition coefficient (Wildman–Crippen LogP) is 2.59. The number of carbonyl (C=O) groups is 1. The van der Waals surface area contributed by atoms with E-state index >= 15 is 0 Å². The van der Waals surface area contributed by atoms with Crippen molar-refractivity contribution in [3.63, 3.8) is 0 Å². The zero-order valence-electron chi connectivity index (χ0n) is 17.7. The van der Waals surface area contributed by atoms with Crippen molar-refractivity contribution >= 4 is 21.6 Å². The van der Waals surface area contributed by atoms with Crippen molar-refractivity contribution in [3.8, 4) is 0 Å². The first kappa shape index (κ1) is 21.0. The maximum atomic E-state index is 13.0. The van der Waals surface area contributed by atoms with Gasteiger partial charge in [-0.1, -0.05) is 24.3 Å². The standard InChI is InChI=1S/C23H29N3O3S/c1-18-9-10-21(16-19(18)2)30(28,29)25-14-12-24(13-15-25)17-23(27)26-11-5-7-20-6-3-4-8-22(20)26/h3-4,6,8-10,16H,5,7,11-15,17H2,1-2H3. The van der Waals surface area contributed by atoms with Gasteiger partial charge in [0.2, 0.25) is 15.9 Å². The van der Waals surface area contributed by atoms with Gasteiger partial charge < -0.3 is 4.90 Å². The second-order valence-electron chi connectivity index (χ2n) is 8.20. The fraction of sp³-hybridized carbons (Fsp3) is 0.435. The Hall–Kier alpha value is -2.22. The maximum Gasteiger partial charge on any atom is 0.243 e. The molecule has 0 atom stereocenters. The summed E-state index contributed by atoms with van der Waals surface area (Å²) >= 11 is 0.